The van der Waals surface area contributed by atoms with Crippen LogP contribution in [0.5, 0.6) is 0 Å². The van der Waals surface area contributed by atoms with Crippen LogP contribution in [0.25, 0.3) is 11.4 Å². The van der Waals surface area contributed by atoms with Gasteiger partial charge in [-0.25, -0.2) is 4.79 Å². The van der Waals surface area contributed by atoms with Gasteiger partial charge in [-0.3, -0.25) is 0 Å². The monoisotopic (exact) mass is 460 g/mol. The molecule has 0 amide bonds. The summed E-state index contributed by atoms with van der Waals surface area (Å²) in [6, 6.07) is 4.02. The van der Waals surface area contributed by atoms with Crippen molar-refractivity contribution in [2.75, 3.05) is 13.2 Å². The molecule has 116 valence electrons. The summed E-state index contributed by atoms with van der Waals surface area (Å²) in [5, 5.41) is 21.1. The summed E-state index contributed by atoms with van der Waals surface area (Å²) in [5.74, 6) is -0.872. The Labute approximate surface area is 140 Å². The van der Waals surface area contributed by atoms with Gasteiger partial charge in [-0.15, -0.1) is 12.2 Å². The van der Waals surface area contributed by atoms with Gasteiger partial charge in [0.1, 0.15) is 0 Å². The molecule has 1 aromatic carbocycles. The number of aliphatic hydroxyl groups excluding tert-OH is 1. The molecule has 1 aromatic rings. The minimum absolute atomic E-state index is 0. The van der Waals surface area contributed by atoms with Gasteiger partial charge in [0, 0.05) is 33.2 Å². The summed E-state index contributed by atoms with van der Waals surface area (Å²) >= 11 is 0. The smallest absolute Gasteiger partial charge is 0.331 e. The summed E-state index contributed by atoms with van der Waals surface area (Å²) in [7, 11) is 0. The van der Waals surface area contributed by atoms with E-state index in [1.54, 1.807) is 13.0 Å². The minimum Gasteiger partial charge on any atom is -0.684 e. The van der Waals surface area contributed by atoms with Gasteiger partial charge in [0.15, 0.2) is 0 Å². The largest absolute Gasteiger partial charge is 0.684 e. The van der Waals surface area contributed by atoms with Crippen LogP contribution in [0.3, 0.4) is 0 Å². The van der Waals surface area contributed by atoms with E-state index in [1.807, 2.05) is 26.0 Å². The Balaban J connectivity index is 0.000000715. The molecule has 2 N–H and O–H groups in total. The maximum absolute atomic E-state index is 10.7. The van der Waals surface area contributed by atoms with Crippen LogP contribution < -0.4 is 0 Å². The van der Waals surface area contributed by atoms with Crippen molar-refractivity contribution < 1.29 is 36.1 Å². The summed E-state index contributed by atoms with van der Waals surface area (Å²) < 4.78 is 0. The van der Waals surface area contributed by atoms with Crippen molar-refractivity contribution >= 4 is 17.7 Å². The summed E-state index contributed by atoms with van der Waals surface area (Å²) in [6.45, 7) is 6.72. The Morgan fingerprint density at radius 1 is 1.43 bits per heavy atom. The molecule has 0 atom stereocenters. The number of aryl methyl sites for hydroxylation is 1. The third-order valence-electron chi connectivity index (χ3n) is 3.00. The average molecular weight is 460 g/mol. The zero-order valence-electron chi connectivity index (χ0n) is 12.7. The second-order valence-electron chi connectivity index (χ2n) is 4.83. The first-order chi connectivity index (χ1) is 9.49. The number of hydrogen-bond donors (Lipinski definition) is 2. The van der Waals surface area contributed by atoms with Crippen molar-refractivity contribution in [3.05, 3.63) is 39.7 Å². The van der Waals surface area contributed by atoms with Crippen molar-refractivity contribution in [3.8, 4) is 0 Å². The predicted octanol–water partition coefficient (Wildman–Crippen LogP) is 3.43. The van der Waals surface area contributed by atoms with Crippen molar-refractivity contribution in [1.29, 1.82) is 0 Å². The van der Waals surface area contributed by atoms with E-state index in [9.17, 15) is 4.79 Å². The molecule has 1 aliphatic rings. The fourth-order valence-corrected chi connectivity index (χ4v) is 1.98. The Bertz CT molecular complexity index is 510. The van der Waals surface area contributed by atoms with E-state index in [2.05, 4.69) is 5.32 Å². The van der Waals surface area contributed by atoms with Gasteiger partial charge < -0.3 is 15.5 Å². The number of fused-ring (bicyclic) bond motifs is 1. The fourth-order valence-electron chi connectivity index (χ4n) is 1.98. The van der Waals surface area contributed by atoms with Crippen LogP contribution in [0.2, 0.25) is 0 Å². The van der Waals surface area contributed by atoms with Gasteiger partial charge in [-0.05, 0) is 38.3 Å². The van der Waals surface area contributed by atoms with Crippen LogP contribution in [0.4, 0.5) is 5.69 Å². The van der Waals surface area contributed by atoms with Crippen LogP contribution in [0, 0.1) is 6.92 Å². The Morgan fingerprint density at radius 3 is 2.57 bits per heavy atom. The van der Waals surface area contributed by atoms with Gasteiger partial charge >= 0.3 is 5.97 Å². The molecule has 0 bridgehead atoms. The minimum atomic E-state index is -0.872. The molecule has 2 rings (SSSR count). The zero-order valence-corrected chi connectivity index (χ0v) is 15.7. The van der Waals surface area contributed by atoms with Gasteiger partial charge in [0.25, 0.3) is 0 Å². The normalized spacial score (nSPS) is 12.5. The molecule has 1 heterocycles. The van der Waals surface area contributed by atoms with E-state index in [0.29, 0.717) is 12.2 Å². The molecule has 0 unspecified atom stereocenters. The first-order valence-corrected chi connectivity index (χ1v) is 6.83. The molecule has 0 saturated heterocycles. The fraction of sp³-hybridized carbons (Fsp3) is 0.438. The maximum atomic E-state index is 10.7. The molecule has 0 fully saturated rings. The standard InChI is InChI=1S/C13H14NO2.C3H8O.W/c1-8-5-10(6-9(2)13(15)16)7-11-3-4-14-12(8)11;1-2-3-4;/h5-7H,3-4H2,1-2H3,(H,15,16);4H,2-3H2,1H3;/q-1;;/b9-6+;;. The molecule has 4 nitrogen and oxygen atoms in total. The molecule has 5 heteroatoms. The van der Waals surface area contributed by atoms with Gasteiger partial charge in [0.05, 0.1) is 0 Å². The van der Waals surface area contributed by atoms with Gasteiger partial charge in [-0.2, -0.15) is 0 Å². The van der Waals surface area contributed by atoms with Crippen molar-refractivity contribution in [2.45, 2.75) is 33.6 Å². The van der Waals surface area contributed by atoms with E-state index < -0.39 is 5.97 Å². The van der Waals surface area contributed by atoms with Crippen molar-refractivity contribution in [2.24, 2.45) is 0 Å². The second-order valence-corrected chi connectivity index (χ2v) is 4.83. The molecule has 0 aliphatic carbocycles. The number of benzene rings is 1. The van der Waals surface area contributed by atoms with E-state index in [-0.39, 0.29) is 21.1 Å². The Kier molecular flexibility index (Phi) is 9.23. The average Bonchev–Trinajstić information content (AvgIpc) is 2.87. The van der Waals surface area contributed by atoms with Crippen LogP contribution in [0.1, 0.15) is 37.0 Å². The molecule has 21 heavy (non-hydrogen) atoms. The van der Waals surface area contributed by atoms with Crippen molar-refractivity contribution in [1.82, 2.24) is 0 Å². The quantitative estimate of drug-likeness (QED) is 0.680. The molecular formula is C16H22NO3W-. The number of carboxylic acids is 1. The summed E-state index contributed by atoms with van der Waals surface area (Å²) in [6.07, 6.45) is 3.54. The van der Waals surface area contributed by atoms with E-state index in [4.69, 9.17) is 10.2 Å². The van der Waals surface area contributed by atoms with Gasteiger partial charge in [-0.1, -0.05) is 30.2 Å². The van der Waals surface area contributed by atoms with Crippen molar-refractivity contribution in [3.63, 3.8) is 0 Å². The topological polar surface area (TPSA) is 71.6 Å². The number of nitrogens with zero attached hydrogens (tertiary/aromatic N) is 1. The number of hydrogen-bond acceptors (Lipinski definition) is 2. The van der Waals surface area contributed by atoms with E-state index >= 15 is 0 Å². The van der Waals surface area contributed by atoms with Crippen LogP contribution in [-0.4, -0.2) is 29.3 Å². The van der Waals surface area contributed by atoms with Crippen LogP contribution in [0.15, 0.2) is 17.7 Å². The zero-order chi connectivity index (χ0) is 15.1. The molecule has 0 saturated carbocycles. The second kappa shape index (κ2) is 9.75. The molecule has 0 spiro atoms. The third kappa shape index (κ3) is 6.02. The van der Waals surface area contributed by atoms with Gasteiger partial charge in [0.2, 0.25) is 0 Å². The number of carboxylic acid groups (broad SMARTS) is 1. The summed E-state index contributed by atoms with van der Waals surface area (Å²) in [5.41, 5.74) is 4.75. The first-order valence-electron chi connectivity index (χ1n) is 6.83. The predicted molar refractivity (Wildman–Crippen MR) is 81.4 cm³/mol. The first kappa shape index (κ1) is 19.9. The SMILES string of the molecule is C/C(=C\c1cc(C)c2c(c1)CC[N-]2)C(=O)O.CCCO.[W]. The molecule has 0 radical (unpaired) electrons. The summed E-state index contributed by atoms with van der Waals surface area (Å²) in [4.78, 5) is 10.7. The molecule has 1 aliphatic heterocycles. The number of carbonyl (C=O) groups is 1. The molecular weight excluding hydrogens is 438 g/mol. The molecule has 0 aromatic heterocycles. The van der Waals surface area contributed by atoms with Crippen LogP contribution in [-0.2, 0) is 32.3 Å². The van der Waals surface area contributed by atoms with E-state index in [0.717, 1.165) is 36.2 Å². The van der Waals surface area contributed by atoms with Crippen LogP contribution >= 0.6 is 0 Å². The Morgan fingerprint density at radius 2 is 2.05 bits per heavy atom. The Hall–Kier alpha value is -1.12. The number of aliphatic carboxylic acids is 1. The van der Waals surface area contributed by atoms with E-state index in [1.165, 1.54) is 5.56 Å². The maximum Gasteiger partial charge on any atom is 0.331 e. The number of rotatable bonds is 3. The third-order valence-corrected chi connectivity index (χ3v) is 3.00. The number of aliphatic hydroxyl groups is 1.